The van der Waals surface area contributed by atoms with Crippen LogP contribution in [0.15, 0.2) is 51.7 Å². The SMILES string of the molecule is Cc1oc2c(CN3CCOCC3)c(O)ccc2c(=O)c1Oc1ccccc1. The zero-order chi connectivity index (χ0) is 18.8. The lowest BCUT2D eigenvalue weighted by Gasteiger charge is -2.27. The molecule has 2 heterocycles. The maximum absolute atomic E-state index is 13.0. The Morgan fingerprint density at radius 3 is 2.59 bits per heavy atom. The highest BCUT2D eigenvalue weighted by atomic mass is 16.5. The zero-order valence-electron chi connectivity index (χ0n) is 15.1. The Bertz CT molecular complexity index is 1010. The first-order chi connectivity index (χ1) is 13.1. The van der Waals surface area contributed by atoms with Gasteiger partial charge in [-0.1, -0.05) is 18.2 Å². The number of phenolic OH excluding ortho intramolecular Hbond substituents is 1. The molecule has 1 saturated heterocycles. The molecule has 0 atom stereocenters. The van der Waals surface area contributed by atoms with Crippen LogP contribution >= 0.6 is 0 Å². The molecule has 1 aliphatic rings. The maximum Gasteiger partial charge on any atom is 0.235 e. The second-order valence-corrected chi connectivity index (χ2v) is 6.56. The van der Waals surface area contributed by atoms with Gasteiger partial charge in [-0.05, 0) is 31.2 Å². The number of para-hydroxylation sites is 1. The van der Waals surface area contributed by atoms with Crippen LogP contribution in [0.5, 0.6) is 17.2 Å². The van der Waals surface area contributed by atoms with E-state index in [0.717, 1.165) is 13.1 Å². The molecule has 1 aromatic heterocycles. The first kappa shape index (κ1) is 17.6. The molecule has 0 unspecified atom stereocenters. The van der Waals surface area contributed by atoms with Gasteiger partial charge in [0.15, 0.2) is 0 Å². The van der Waals surface area contributed by atoms with E-state index in [4.69, 9.17) is 13.9 Å². The van der Waals surface area contributed by atoms with Crippen molar-refractivity contribution in [3.63, 3.8) is 0 Å². The Morgan fingerprint density at radius 1 is 1.11 bits per heavy atom. The standard InChI is InChI=1S/C21H21NO5/c1-14-20(27-15-5-3-2-4-6-15)19(24)16-7-8-18(23)17(21(16)26-14)13-22-9-11-25-12-10-22/h2-8,23H,9-13H2,1H3. The number of ether oxygens (including phenoxy) is 2. The van der Waals surface area contributed by atoms with Crippen molar-refractivity contribution in [2.75, 3.05) is 26.3 Å². The van der Waals surface area contributed by atoms with Crippen molar-refractivity contribution in [3.05, 3.63) is 64.0 Å². The van der Waals surface area contributed by atoms with Crippen molar-refractivity contribution in [2.24, 2.45) is 0 Å². The van der Waals surface area contributed by atoms with Gasteiger partial charge in [0.1, 0.15) is 22.8 Å². The van der Waals surface area contributed by atoms with E-state index >= 15 is 0 Å². The third-order valence-electron chi connectivity index (χ3n) is 4.71. The molecule has 140 valence electrons. The lowest BCUT2D eigenvalue weighted by atomic mass is 10.1. The van der Waals surface area contributed by atoms with Gasteiger partial charge >= 0.3 is 0 Å². The van der Waals surface area contributed by atoms with Crippen LogP contribution in [0.1, 0.15) is 11.3 Å². The summed E-state index contributed by atoms with van der Waals surface area (Å²) in [5.74, 6) is 1.23. The summed E-state index contributed by atoms with van der Waals surface area (Å²) in [6, 6.07) is 12.2. The fourth-order valence-corrected chi connectivity index (χ4v) is 3.25. The van der Waals surface area contributed by atoms with E-state index in [1.165, 1.54) is 6.07 Å². The number of morpholine rings is 1. The normalized spacial score (nSPS) is 15.1. The minimum absolute atomic E-state index is 0.119. The zero-order valence-corrected chi connectivity index (χ0v) is 15.1. The van der Waals surface area contributed by atoms with Crippen LogP contribution in [0.3, 0.4) is 0 Å². The van der Waals surface area contributed by atoms with E-state index in [-0.39, 0.29) is 16.9 Å². The average molecular weight is 367 g/mol. The number of phenols is 1. The summed E-state index contributed by atoms with van der Waals surface area (Å²) in [6.07, 6.45) is 0. The van der Waals surface area contributed by atoms with Crippen LogP contribution < -0.4 is 10.2 Å². The lowest BCUT2D eigenvalue weighted by molar-refractivity contribution is 0.0339. The summed E-state index contributed by atoms with van der Waals surface area (Å²) in [4.78, 5) is 15.2. The summed E-state index contributed by atoms with van der Waals surface area (Å²) in [5, 5.41) is 10.8. The van der Waals surface area contributed by atoms with E-state index in [0.29, 0.717) is 47.8 Å². The number of hydrogen-bond acceptors (Lipinski definition) is 6. The van der Waals surface area contributed by atoms with Gasteiger partial charge < -0.3 is 19.0 Å². The molecular formula is C21H21NO5. The molecule has 2 aromatic carbocycles. The Hall–Kier alpha value is -2.83. The summed E-state index contributed by atoms with van der Waals surface area (Å²) in [6.45, 7) is 5.05. The predicted molar refractivity (Wildman–Crippen MR) is 101 cm³/mol. The second-order valence-electron chi connectivity index (χ2n) is 6.56. The van der Waals surface area contributed by atoms with Crippen LogP contribution in [0.4, 0.5) is 0 Å². The number of aromatic hydroxyl groups is 1. The van der Waals surface area contributed by atoms with Gasteiger partial charge in [0, 0.05) is 19.6 Å². The molecule has 0 bridgehead atoms. The molecule has 0 amide bonds. The summed E-state index contributed by atoms with van der Waals surface area (Å²) < 4.78 is 17.1. The molecular weight excluding hydrogens is 346 g/mol. The van der Waals surface area contributed by atoms with Gasteiger partial charge in [-0.15, -0.1) is 0 Å². The molecule has 3 aromatic rings. The van der Waals surface area contributed by atoms with Crippen LogP contribution in [-0.2, 0) is 11.3 Å². The molecule has 27 heavy (non-hydrogen) atoms. The molecule has 0 spiro atoms. The Labute approximate surface area is 156 Å². The number of aryl methyl sites for hydroxylation is 1. The molecule has 0 saturated carbocycles. The third-order valence-corrected chi connectivity index (χ3v) is 4.71. The van der Waals surface area contributed by atoms with Gasteiger partial charge in [-0.25, -0.2) is 0 Å². The molecule has 6 nitrogen and oxygen atoms in total. The van der Waals surface area contributed by atoms with Gasteiger partial charge in [-0.2, -0.15) is 0 Å². The number of benzene rings is 2. The molecule has 1 aliphatic heterocycles. The first-order valence-corrected chi connectivity index (χ1v) is 8.95. The fraction of sp³-hybridized carbons (Fsp3) is 0.286. The van der Waals surface area contributed by atoms with E-state index in [1.807, 2.05) is 18.2 Å². The third kappa shape index (κ3) is 3.54. The average Bonchev–Trinajstić information content (AvgIpc) is 2.69. The van der Waals surface area contributed by atoms with Gasteiger partial charge in [0.25, 0.3) is 0 Å². The minimum atomic E-state index is -0.249. The van der Waals surface area contributed by atoms with Crippen LogP contribution in [-0.4, -0.2) is 36.3 Å². The van der Waals surface area contributed by atoms with Crippen LogP contribution in [0, 0.1) is 6.92 Å². The van der Waals surface area contributed by atoms with Crippen molar-refractivity contribution < 1.29 is 19.0 Å². The highest BCUT2D eigenvalue weighted by molar-refractivity contribution is 5.83. The van der Waals surface area contributed by atoms with Crippen molar-refractivity contribution in [1.82, 2.24) is 4.90 Å². The van der Waals surface area contributed by atoms with Crippen molar-refractivity contribution in [3.8, 4) is 17.2 Å². The summed E-state index contributed by atoms with van der Waals surface area (Å²) in [5.41, 5.74) is 0.770. The van der Waals surface area contributed by atoms with Crippen molar-refractivity contribution in [2.45, 2.75) is 13.5 Å². The van der Waals surface area contributed by atoms with Gasteiger partial charge in [0.2, 0.25) is 11.2 Å². The Morgan fingerprint density at radius 2 is 1.85 bits per heavy atom. The smallest absolute Gasteiger partial charge is 0.235 e. The van der Waals surface area contributed by atoms with E-state index in [1.54, 1.807) is 25.1 Å². The fourth-order valence-electron chi connectivity index (χ4n) is 3.25. The molecule has 1 fully saturated rings. The highest BCUT2D eigenvalue weighted by Crippen LogP contribution is 2.31. The van der Waals surface area contributed by atoms with Gasteiger partial charge in [0.05, 0.1) is 24.2 Å². The minimum Gasteiger partial charge on any atom is -0.507 e. The topological polar surface area (TPSA) is 72.1 Å². The predicted octanol–water partition coefficient (Wildman–Crippen LogP) is 3.43. The van der Waals surface area contributed by atoms with E-state index in [2.05, 4.69) is 4.90 Å². The highest BCUT2D eigenvalue weighted by Gasteiger charge is 2.20. The second kappa shape index (κ2) is 7.42. The number of rotatable bonds is 4. The monoisotopic (exact) mass is 367 g/mol. The van der Waals surface area contributed by atoms with Crippen molar-refractivity contribution >= 4 is 11.0 Å². The number of nitrogens with zero attached hydrogens (tertiary/aromatic N) is 1. The maximum atomic E-state index is 13.0. The lowest BCUT2D eigenvalue weighted by Crippen LogP contribution is -2.35. The number of fused-ring (bicyclic) bond motifs is 1. The Balaban J connectivity index is 1.77. The Kier molecular flexibility index (Phi) is 4.83. The molecule has 0 radical (unpaired) electrons. The molecule has 1 N–H and O–H groups in total. The number of hydrogen-bond donors (Lipinski definition) is 1. The van der Waals surface area contributed by atoms with Crippen molar-refractivity contribution in [1.29, 1.82) is 0 Å². The van der Waals surface area contributed by atoms with E-state index < -0.39 is 0 Å². The molecule has 6 heteroatoms. The van der Waals surface area contributed by atoms with Crippen LogP contribution in [0.2, 0.25) is 0 Å². The summed E-state index contributed by atoms with van der Waals surface area (Å²) >= 11 is 0. The van der Waals surface area contributed by atoms with E-state index in [9.17, 15) is 9.90 Å². The molecule has 0 aliphatic carbocycles. The summed E-state index contributed by atoms with van der Waals surface area (Å²) in [7, 11) is 0. The first-order valence-electron chi connectivity index (χ1n) is 8.95. The quantitative estimate of drug-likeness (QED) is 0.762. The largest absolute Gasteiger partial charge is 0.507 e. The van der Waals surface area contributed by atoms with Crippen LogP contribution in [0.25, 0.3) is 11.0 Å². The molecule has 4 rings (SSSR count). The van der Waals surface area contributed by atoms with Gasteiger partial charge in [-0.3, -0.25) is 9.69 Å².